The molecule has 1 amide bonds. The van der Waals surface area contributed by atoms with Crippen LogP contribution in [0, 0.1) is 5.82 Å². The summed E-state index contributed by atoms with van der Waals surface area (Å²) in [5, 5.41) is 2.46. The van der Waals surface area contributed by atoms with Crippen molar-refractivity contribution in [1.82, 2.24) is 5.32 Å². The standard InChI is InChI=1S/C12H14FNO3S/c1-8(15)14-10(12(16)17-2)7-18-11-6-4-3-5-9(11)13/h3-6,10H,7H2,1-2H3,(H,14,15). The minimum atomic E-state index is -0.780. The van der Waals surface area contributed by atoms with Gasteiger partial charge in [0.1, 0.15) is 11.9 Å². The lowest BCUT2D eigenvalue weighted by Gasteiger charge is -2.15. The van der Waals surface area contributed by atoms with E-state index in [0.29, 0.717) is 4.90 Å². The van der Waals surface area contributed by atoms with E-state index in [4.69, 9.17) is 0 Å². The highest BCUT2D eigenvalue weighted by atomic mass is 32.2. The Bertz CT molecular complexity index is 439. The average molecular weight is 271 g/mol. The van der Waals surface area contributed by atoms with Crippen LogP contribution in [0.2, 0.25) is 0 Å². The molecule has 98 valence electrons. The van der Waals surface area contributed by atoms with Crippen LogP contribution in [-0.2, 0) is 14.3 Å². The van der Waals surface area contributed by atoms with Crippen LogP contribution in [0.3, 0.4) is 0 Å². The molecule has 18 heavy (non-hydrogen) atoms. The molecule has 1 aromatic carbocycles. The summed E-state index contributed by atoms with van der Waals surface area (Å²) < 4.78 is 17.9. The van der Waals surface area contributed by atoms with Crippen LogP contribution in [-0.4, -0.2) is 30.8 Å². The van der Waals surface area contributed by atoms with E-state index in [1.54, 1.807) is 18.2 Å². The predicted molar refractivity (Wildman–Crippen MR) is 66.7 cm³/mol. The molecule has 0 aromatic heterocycles. The fourth-order valence-electron chi connectivity index (χ4n) is 1.29. The monoisotopic (exact) mass is 271 g/mol. The molecule has 0 fully saturated rings. The van der Waals surface area contributed by atoms with Crippen LogP contribution in [0.15, 0.2) is 29.2 Å². The smallest absolute Gasteiger partial charge is 0.329 e. The van der Waals surface area contributed by atoms with Gasteiger partial charge >= 0.3 is 5.97 Å². The van der Waals surface area contributed by atoms with Crippen LogP contribution < -0.4 is 5.32 Å². The normalized spacial score (nSPS) is 11.7. The fraction of sp³-hybridized carbons (Fsp3) is 0.333. The van der Waals surface area contributed by atoms with Crippen molar-refractivity contribution in [3.05, 3.63) is 30.1 Å². The summed E-state index contributed by atoms with van der Waals surface area (Å²) in [5.74, 6) is -1.02. The number of carbonyl (C=O) groups excluding carboxylic acids is 2. The Morgan fingerprint density at radius 3 is 2.67 bits per heavy atom. The van der Waals surface area contributed by atoms with E-state index in [9.17, 15) is 14.0 Å². The van der Waals surface area contributed by atoms with Crippen molar-refractivity contribution in [3.63, 3.8) is 0 Å². The van der Waals surface area contributed by atoms with Gasteiger partial charge in [-0.25, -0.2) is 9.18 Å². The number of rotatable bonds is 5. The van der Waals surface area contributed by atoms with E-state index in [1.807, 2.05) is 0 Å². The molecule has 0 aliphatic carbocycles. The van der Waals surface area contributed by atoms with Gasteiger partial charge < -0.3 is 10.1 Å². The number of amides is 1. The zero-order valence-corrected chi connectivity index (χ0v) is 10.9. The molecule has 0 radical (unpaired) electrons. The average Bonchev–Trinajstić information content (AvgIpc) is 2.34. The maximum absolute atomic E-state index is 13.4. The van der Waals surface area contributed by atoms with Crippen molar-refractivity contribution in [2.45, 2.75) is 17.9 Å². The summed E-state index contributed by atoms with van der Waals surface area (Å²) in [6, 6.07) is 5.47. The Morgan fingerprint density at radius 2 is 2.11 bits per heavy atom. The first-order valence-electron chi connectivity index (χ1n) is 5.27. The molecule has 0 aliphatic heterocycles. The highest BCUT2D eigenvalue weighted by molar-refractivity contribution is 7.99. The molecule has 6 heteroatoms. The molecule has 1 unspecified atom stereocenters. The van der Waals surface area contributed by atoms with Crippen LogP contribution in [0.25, 0.3) is 0 Å². The van der Waals surface area contributed by atoms with Gasteiger partial charge in [-0.3, -0.25) is 4.79 Å². The van der Waals surface area contributed by atoms with Gasteiger partial charge in [0.15, 0.2) is 0 Å². The Balaban J connectivity index is 2.64. The van der Waals surface area contributed by atoms with E-state index in [-0.39, 0.29) is 17.5 Å². The van der Waals surface area contributed by atoms with Gasteiger partial charge in [0.25, 0.3) is 0 Å². The molecule has 0 saturated heterocycles. The van der Waals surface area contributed by atoms with E-state index in [0.717, 1.165) is 11.8 Å². The van der Waals surface area contributed by atoms with Gasteiger partial charge in [-0.1, -0.05) is 12.1 Å². The number of methoxy groups -OCH3 is 1. The molecule has 0 aliphatic rings. The van der Waals surface area contributed by atoms with E-state index >= 15 is 0 Å². The van der Waals surface area contributed by atoms with Gasteiger partial charge in [0.2, 0.25) is 5.91 Å². The van der Waals surface area contributed by atoms with Crippen molar-refractivity contribution in [1.29, 1.82) is 0 Å². The highest BCUT2D eigenvalue weighted by Crippen LogP contribution is 2.22. The van der Waals surface area contributed by atoms with Crippen molar-refractivity contribution in [2.24, 2.45) is 0 Å². The first-order valence-corrected chi connectivity index (χ1v) is 6.25. The second-order valence-corrected chi connectivity index (χ2v) is 4.58. The molecule has 0 spiro atoms. The molecule has 0 bridgehead atoms. The van der Waals surface area contributed by atoms with E-state index < -0.39 is 12.0 Å². The van der Waals surface area contributed by atoms with Crippen LogP contribution in [0.5, 0.6) is 0 Å². The second kappa shape index (κ2) is 7.00. The summed E-state index contributed by atoms with van der Waals surface area (Å²) in [6.07, 6.45) is 0. The van der Waals surface area contributed by atoms with Gasteiger partial charge in [-0.2, -0.15) is 0 Å². The molecule has 0 heterocycles. The van der Waals surface area contributed by atoms with Gasteiger partial charge in [-0.05, 0) is 12.1 Å². The number of ether oxygens (including phenoxy) is 1. The number of nitrogens with one attached hydrogen (secondary N) is 1. The summed E-state index contributed by atoms with van der Waals surface area (Å²) >= 11 is 1.15. The molecular weight excluding hydrogens is 257 g/mol. The Labute approximate surface area is 109 Å². The Kier molecular flexibility index (Phi) is 5.64. The van der Waals surface area contributed by atoms with E-state index in [1.165, 1.54) is 20.1 Å². The number of esters is 1. The lowest BCUT2D eigenvalue weighted by Crippen LogP contribution is -2.42. The molecule has 1 atom stereocenters. The zero-order valence-electron chi connectivity index (χ0n) is 10.1. The number of benzene rings is 1. The van der Waals surface area contributed by atoms with Crippen molar-refractivity contribution in [2.75, 3.05) is 12.9 Å². The fourth-order valence-corrected chi connectivity index (χ4v) is 2.24. The number of thioether (sulfide) groups is 1. The molecule has 1 aromatic rings. The third-order valence-corrected chi connectivity index (χ3v) is 3.25. The van der Waals surface area contributed by atoms with Crippen molar-refractivity contribution >= 4 is 23.6 Å². The summed E-state index contributed by atoms with van der Waals surface area (Å²) in [5.41, 5.74) is 0. The molecular formula is C12H14FNO3S. The lowest BCUT2D eigenvalue weighted by atomic mass is 10.3. The second-order valence-electron chi connectivity index (χ2n) is 3.52. The van der Waals surface area contributed by atoms with Crippen LogP contribution in [0.4, 0.5) is 4.39 Å². The molecule has 1 rings (SSSR count). The number of halogens is 1. The topological polar surface area (TPSA) is 55.4 Å². The first-order chi connectivity index (χ1) is 8.54. The van der Waals surface area contributed by atoms with Gasteiger partial charge in [0.05, 0.1) is 7.11 Å². The maximum atomic E-state index is 13.4. The lowest BCUT2D eigenvalue weighted by molar-refractivity contribution is -0.144. The highest BCUT2D eigenvalue weighted by Gasteiger charge is 2.20. The summed E-state index contributed by atoms with van der Waals surface area (Å²) in [7, 11) is 1.24. The van der Waals surface area contributed by atoms with Crippen molar-refractivity contribution in [3.8, 4) is 0 Å². The molecule has 4 nitrogen and oxygen atoms in total. The van der Waals surface area contributed by atoms with Crippen molar-refractivity contribution < 1.29 is 18.7 Å². The zero-order chi connectivity index (χ0) is 13.5. The minimum Gasteiger partial charge on any atom is -0.467 e. The largest absolute Gasteiger partial charge is 0.467 e. The third-order valence-electron chi connectivity index (χ3n) is 2.11. The summed E-state index contributed by atoms with van der Waals surface area (Å²) in [6.45, 7) is 1.31. The number of hydrogen-bond donors (Lipinski definition) is 1. The SMILES string of the molecule is COC(=O)C(CSc1ccccc1F)NC(C)=O. The maximum Gasteiger partial charge on any atom is 0.329 e. The Morgan fingerprint density at radius 1 is 1.44 bits per heavy atom. The van der Waals surface area contributed by atoms with Crippen LogP contribution in [0.1, 0.15) is 6.92 Å². The quantitative estimate of drug-likeness (QED) is 0.653. The van der Waals surface area contributed by atoms with Gasteiger partial charge in [0, 0.05) is 17.6 Å². The molecule has 0 saturated carbocycles. The Hall–Kier alpha value is -1.56. The number of hydrogen-bond acceptors (Lipinski definition) is 4. The molecule has 1 N–H and O–H groups in total. The summed E-state index contributed by atoms with van der Waals surface area (Å²) in [4.78, 5) is 22.8. The first kappa shape index (κ1) is 14.5. The number of carbonyl (C=O) groups is 2. The predicted octanol–water partition coefficient (Wildman–Crippen LogP) is 1.60. The van der Waals surface area contributed by atoms with E-state index in [2.05, 4.69) is 10.1 Å². The van der Waals surface area contributed by atoms with Crippen LogP contribution >= 0.6 is 11.8 Å². The van der Waals surface area contributed by atoms with Gasteiger partial charge in [-0.15, -0.1) is 11.8 Å². The third kappa shape index (κ3) is 4.37. The minimum absolute atomic E-state index is 0.215.